The standard InChI is InChI=1S/C12H15NO4S/c1-4-5-11(14)17-18-12-8(2)6-10(13(15)16)7-9(12)3/h6-7H,4-5H2,1-3H3. The number of non-ortho nitro benzene ring substituents is 1. The molecule has 6 heteroatoms. The van der Waals surface area contributed by atoms with Crippen molar-refractivity contribution in [3.63, 3.8) is 0 Å². The number of nitrogens with zero attached hydrogens (tertiary/aromatic N) is 1. The lowest BCUT2D eigenvalue weighted by Gasteiger charge is -2.08. The fraction of sp³-hybridized carbons (Fsp3) is 0.417. The SMILES string of the molecule is CCCC(=O)OSc1c(C)cc([N+](=O)[O-])cc1C. The smallest absolute Gasteiger partial charge is 0.318 e. The molecule has 0 aliphatic rings. The molecular formula is C12H15NO4S. The molecule has 98 valence electrons. The summed E-state index contributed by atoms with van der Waals surface area (Å²) in [5.41, 5.74) is 1.52. The van der Waals surface area contributed by atoms with Gasteiger partial charge in [-0.3, -0.25) is 14.9 Å². The molecule has 0 saturated carbocycles. The van der Waals surface area contributed by atoms with Gasteiger partial charge in [0.1, 0.15) is 0 Å². The summed E-state index contributed by atoms with van der Waals surface area (Å²) in [4.78, 5) is 22.3. The van der Waals surface area contributed by atoms with Gasteiger partial charge < -0.3 is 4.18 Å². The average Bonchev–Trinajstić information content (AvgIpc) is 2.27. The van der Waals surface area contributed by atoms with Crippen molar-refractivity contribution in [1.29, 1.82) is 0 Å². The predicted octanol–water partition coefficient (Wildman–Crippen LogP) is 3.56. The highest BCUT2D eigenvalue weighted by Crippen LogP contribution is 2.31. The highest BCUT2D eigenvalue weighted by Gasteiger charge is 2.14. The monoisotopic (exact) mass is 269 g/mol. The van der Waals surface area contributed by atoms with Crippen molar-refractivity contribution >= 4 is 23.7 Å². The van der Waals surface area contributed by atoms with Crippen molar-refractivity contribution in [3.8, 4) is 0 Å². The van der Waals surface area contributed by atoms with Gasteiger partial charge in [0.05, 0.1) is 21.9 Å². The fourth-order valence-corrected chi connectivity index (χ4v) is 2.14. The first-order chi connectivity index (χ1) is 8.45. The maximum atomic E-state index is 11.3. The number of nitro benzene ring substituents is 1. The Labute approximate surface area is 110 Å². The Bertz CT molecular complexity index is 450. The van der Waals surface area contributed by atoms with Crippen molar-refractivity contribution in [2.45, 2.75) is 38.5 Å². The molecule has 1 rings (SSSR count). The summed E-state index contributed by atoms with van der Waals surface area (Å²) in [7, 11) is 0. The summed E-state index contributed by atoms with van der Waals surface area (Å²) < 4.78 is 5.04. The lowest BCUT2D eigenvalue weighted by molar-refractivity contribution is -0.385. The molecule has 0 spiro atoms. The Morgan fingerprint density at radius 1 is 1.39 bits per heavy atom. The van der Waals surface area contributed by atoms with Crippen LogP contribution in [0.25, 0.3) is 0 Å². The van der Waals surface area contributed by atoms with Crippen molar-refractivity contribution in [3.05, 3.63) is 33.4 Å². The fourth-order valence-electron chi connectivity index (χ4n) is 1.50. The third kappa shape index (κ3) is 3.73. The normalized spacial score (nSPS) is 10.2. The van der Waals surface area contributed by atoms with Crippen LogP contribution < -0.4 is 0 Å². The first-order valence-corrected chi connectivity index (χ1v) is 6.32. The van der Waals surface area contributed by atoms with Crippen LogP contribution in [0.3, 0.4) is 0 Å². The van der Waals surface area contributed by atoms with Crippen molar-refractivity contribution < 1.29 is 13.9 Å². The molecule has 1 aromatic carbocycles. The lowest BCUT2D eigenvalue weighted by Crippen LogP contribution is -1.99. The zero-order valence-corrected chi connectivity index (χ0v) is 11.4. The Morgan fingerprint density at radius 3 is 2.39 bits per heavy atom. The van der Waals surface area contributed by atoms with Crippen LogP contribution in [0, 0.1) is 24.0 Å². The van der Waals surface area contributed by atoms with E-state index in [1.807, 2.05) is 6.92 Å². The van der Waals surface area contributed by atoms with E-state index >= 15 is 0 Å². The number of hydrogen-bond donors (Lipinski definition) is 0. The summed E-state index contributed by atoms with van der Waals surface area (Å²) >= 11 is 0.970. The minimum atomic E-state index is -0.433. The Hall–Kier alpha value is -1.56. The summed E-state index contributed by atoms with van der Waals surface area (Å²) in [5.74, 6) is -0.278. The van der Waals surface area contributed by atoms with Crippen LogP contribution in [0.4, 0.5) is 5.69 Å². The van der Waals surface area contributed by atoms with E-state index in [2.05, 4.69) is 0 Å². The first kappa shape index (κ1) is 14.5. The van der Waals surface area contributed by atoms with Crippen LogP contribution in [-0.4, -0.2) is 10.9 Å². The molecule has 1 aromatic rings. The van der Waals surface area contributed by atoms with E-state index in [1.54, 1.807) is 13.8 Å². The van der Waals surface area contributed by atoms with E-state index in [1.165, 1.54) is 12.1 Å². The number of carbonyl (C=O) groups excluding carboxylic acids is 1. The number of nitro groups is 1. The number of carbonyl (C=O) groups is 1. The zero-order chi connectivity index (χ0) is 13.7. The van der Waals surface area contributed by atoms with Gasteiger partial charge in [-0.1, -0.05) is 6.92 Å². The third-order valence-corrected chi connectivity index (χ3v) is 3.41. The van der Waals surface area contributed by atoms with Crippen molar-refractivity contribution in [1.82, 2.24) is 0 Å². The maximum Gasteiger partial charge on any atom is 0.318 e. The Kier molecular flexibility index (Phi) is 5.15. The highest BCUT2D eigenvalue weighted by atomic mass is 32.2. The zero-order valence-electron chi connectivity index (χ0n) is 10.6. The molecule has 0 bridgehead atoms. The molecule has 0 aromatic heterocycles. The van der Waals surface area contributed by atoms with Gasteiger partial charge in [-0.2, -0.15) is 0 Å². The van der Waals surface area contributed by atoms with Crippen LogP contribution in [0.2, 0.25) is 0 Å². The largest absolute Gasteiger partial charge is 0.386 e. The number of rotatable bonds is 5. The average molecular weight is 269 g/mol. The van der Waals surface area contributed by atoms with Gasteiger partial charge in [-0.25, -0.2) is 0 Å². The van der Waals surface area contributed by atoms with Gasteiger partial charge >= 0.3 is 5.97 Å². The van der Waals surface area contributed by atoms with Crippen LogP contribution in [0.5, 0.6) is 0 Å². The van der Waals surface area contributed by atoms with Crippen LogP contribution in [-0.2, 0) is 8.98 Å². The van der Waals surface area contributed by atoms with Crippen molar-refractivity contribution in [2.24, 2.45) is 0 Å². The van der Waals surface area contributed by atoms with E-state index in [4.69, 9.17) is 4.18 Å². The number of hydrogen-bond acceptors (Lipinski definition) is 5. The lowest BCUT2D eigenvalue weighted by atomic mass is 10.1. The topological polar surface area (TPSA) is 69.4 Å². The summed E-state index contributed by atoms with van der Waals surface area (Å²) in [6.45, 7) is 5.42. The molecule has 0 amide bonds. The molecule has 0 radical (unpaired) electrons. The summed E-state index contributed by atoms with van der Waals surface area (Å²) in [6, 6.07) is 2.95. The van der Waals surface area contributed by atoms with E-state index < -0.39 is 4.92 Å². The number of benzene rings is 1. The molecule has 0 unspecified atom stereocenters. The molecular weight excluding hydrogens is 254 g/mol. The molecule has 0 atom stereocenters. The van der Waals surface area contributed by atoms with E-state index in [-0.39, 0.29) is 11.7 Å². The predicted molar refractivity (Wildman–Crippen MR) is 69.4 cm³/mol. The van der Waals surface area contributed by atoms with Crippen LogP contribution in [0.1, 0.15) is 30.9 Å². The molecule has 0 N–H and O–H groups in total. The Morgan fingerprint density at radius 2 is 1.94 bits per heavy atom. The third-order valence-electron chi connectivity index (χ3n) is 2.33. The second-order valence-electron chi connectivity index (χ2n) is 3.95. The maximum absolute atomic E-state index is 11.3. The van der Waals surface area contributed by atoms with Crippen molar-refractivity contribution in [2.75, 3.05) is 0 Å². The van der Waals surface area contributed by atoms with Gasteiger partial charge in [0, 0.05) is 18.6 Å². The van der Waals surface area contributed by atoms with Gasteiger partial charge in [-0.15, -0.1) is 0 Å². The van der Waals surface area contributed by atoms with Gasteiger partial charge in [0.25, 0.3) is 5.69 Å². The van der Waals surface area contributed by atoms with Gasteiger partial charge in [-0.05, 0) is 31.4 Å². The summed E-state index contributed by atoms with van der Waals surface area (Å²) in [6.07, 6.45) is 1.11. The van der Waals surface area contributed by atoms with Gasteiger partial charge in [0.2, 0.25) is 0 Å². The highest BCUT2D eigenvalue weighted by molar-refractivity contribution is 7.95. The second-order valence-corrected chi connectivity index (χ2v) is 4.70. The summed E-state index contributed by atoms with van der Waals surface area (Å²) in [5, 5.41) is 10.7. The molecule has 0 aliphatic carbocycles. The molecule has 18 heavy (non-hydrogen) atoms. The van der Waals surface area contributed by atoms with Gasteiger partial charge in [0.15, 0.2) is 0 Å². The van der Waals surface area contributed by atoms with Crippen LogP contribution in [0.15, 0.2) is 17.0 Å². The molecule has 5 nitrogen and oxygen atoms in total. The second kappa shape index (κ2) is 6.39. The quantitative estimate of drug-likeness (QED) is 0.464. The van der Waals surface area contributed by atoms with Crippen LogP contribution >= 0.6 is 12.0 Å². The minimum Gasteiger partial charge on any atom is -0.386 e. The van der Waals surface area contributed by atoms with E-state index in [9.17, 15) is 14.9 Å². The molecule has 0 fully saturated rings. The molecule has 0 heterocycles. The van der Waals surface area contributed by atoms with E-state index in [0.717, 1.165) is 34.5 Å². The van der Waals surface area contributed by atoms with E-state index in [0.29, 0.717) is 6.42 Å². The molecule has 0 aliphatic heterocycles. The number of aryl methyl sites for hydroxylation is 2. The minimum absolute atomic E-state index is 0.0502. The Balaban J connectivity index is 2.84. The first-order valence-electron chi connectivity index (χ1n) is 5.58. The molecule has 0 saturated heterocycles.